The topological polar surface area (TPSA) is 33.1 Å². The first-order chi connectivity index (χ1) is 5.15. The van der Waals surface area contributed by atoms with Crippen LogP contribution in [0.5, 0.6) is 0 Å². The van der Waals surface area contributed by atoms with Crippen LogP contribution in [-0.4, -0.2) is 10.1 Å². The fourth-order valence-electron chi connectivity index (χ4n) is 0.815. The first-order valence-corrected chi connectivity index (χ1v) is 4.58. The summed E-state index contributed by atoms with van der Waals surface area (Å²) in [6.07, 6.45) is 0.374. The molecule has 2 nitrogen and oxygen atoms in total. The summed E-state index contributed by atoms with van der Waals surface area (Å²) in [7, 11) is 0. The van der Waals surface area contributed by atoms with E-state index < -0.39 is 0 Å². The van der Waals surface area contributed by atoms with Crippen molar-refractivity contribution >= 4 is 11.3 Å². The molecule has 1 heterocycles. The highest BCUT2D eigenvalue weighted by Gasteiger charge is 2.10. The van der Waals surface area contributed by atoms with E-state index in [1.54, 1.807) is 11.3 Å². The second-order valence-electron chi connectivity index (χ2n) is 2.62. The lowest BCUT2D eigenvalue weighted by Crippen LogP contribution is -1.93. The van der Waals surface area contributed by atoms with Crippen molar-refractivity contribution in [2.75, 3.05) is 0 Å². The molecule has 0 radical (unpaired) electrons. The van der Waals surface area contributed by atoms with E-state index in [1.165, 1.54) is 4.88 Å². The molecule has 0 fully saturated rings. The minimum Gasteiger partial charge on any atom is -0.386 e. The predicted octanol–water partition coefficient (Wildman–Crippen LogP) is 2.20. The Morgan fingerprint density at radius 2 is 2.18 bits per heavy atom. The molecule has 1 atom stereocenters. The smallest absolute Gasteiger partial charge is 0.122 e. The molecule has 1 aromatic rings. The number of hydrogen-bond acceptors (Lipinski definition) is 3. The quantitative estimate of drug-likeness (QED) is 0.740. The summed E-state index contributed by atoms with van der Waals surface area (Å²) in [4.78, 5) is 5.45. The summed E-state index contributed by atoms with van der Waals surface area (Å²) in [6, 6.07) is 0. The van der Waals surface area contributed by atoms with E-state index in [1.807, 2.05) is 20.8 Å². The highest BCUT2D eigenvalue weighted by atomic mass is 32.1. The van der Waals surface area contributed by atoms with Crippen molar-refractivity contribution in [1.29, 1.82) is 0 Å². The van der Waals surface area contributed by atoms with Gasteiger partial charge in [0, 0.05) is 4.88 Å². The van der Waals surface area contributed by atoms with Crippen LogP contribution in [0.1, 0.15) is 35.0 Å². The van der Waals surface area contributed by atoms with Crippen molar-refractivity contribution in [3.8, 4) is 0 Å². The highest BCUT2D eigenvalue weighted by molar-refractivity contribution is 7.11. The molecule has 0 aliphatic heterocycles. The van der Waals surface area contributed by atoms with Crippen LogP contribution in [0.2, 0.25) is 0 Å². The summed E-state index contributed by atoms with van der Waals surface area (Å²) >= 11 is 1.59. The molecule has 0 aliphatic carbocycles. The molecule has 0 saturated carbocycles. The minimum absolute atomic E-state index is 0.368. The summed E-state index contributed by atoms with van der Waals surface area (Å²) in [6.45, 7) is 5.95. The summed E-state index contributed by atoms with van der Waals surface area (Å²) in [5, 5.41) is 10.3. The lowest BCUT2D eigenvalue weighted by atomic mass is 10.3. The molecule has 1 rings (SSSR count). The van der Waals surface area contributed by atoms with Gasteiger partial charge in [-0.15, -0.1) is 11.3 Å². The van der Waals surface area contributed by atoms with Gasteiger partial charge < -0.3 is 5.11 Å². The Bertz CT molecular complexity index is 225. The molecule has 1 aromatic heterocycles. The van der Waals surface area contributed by atoms with E-state index in [0.717, 1.165) is 17.1 Å². The summed E-state index contributed by atoms with van der Waals surface area (Å²) in [5.41, 5.74) is 1.04. The zero-order chi connectivity index (χ0) is 8.43. The van der Waals surface area contributed by atoms with E-state index >= 15 is 0 Å². The lowest BCUT2D eigenvalue weighted by Gasteiger charge is -2.00. The van der Waals surface area contributed by atoms with Gasteiger partial charge in [-0.3, -0.25) is 0 Å². The monoisotopic (exact) mass is 171 g/mol. The number of aromatic nitrogens is 1. The molecule has 1 N–H and O–H groups in total. The van der Waals surface area contributed by atoms with Gasteiger partial charge in [-0.05, 0) is 20.3 Å². The molecular formula is C8H13NOS. The van der Waals surface area contributed by atoms with Crippen molar-refractivity contribution in [3.05, 3.63) is 15.6 Å². The molecule has 11 heavy (non-hydrogen) atoms. The Kier molecular flexibility index (Phi) is 2.62. The second-order valence-corrected chi connectivity index (χ2v) is 3.85. The fraction of sp³-hybridized carbons (Fsp3) is 0.625. The van der Waals surface area contributed by atoms with Crippen molar-refractivity contribution in [2.45, 2.75) is 33.3 Å². The van der Waals surface area contributed by atoms with Crippen molar-refractivity contribution in [1.82, 2.24) is 4.98 Å². The first-order valence-electron chi connectivity index (χ1n) is 3.77. The maximum Gasteiger partial charge on any atom is 0.122 e. The zero-order valence-electron chi connectivity index (χ0n) is 7.09. The number of hydrogen-bond donors (Lipinski definition) is 1. The average molecular weight is 171 g/mol. The van der Waals surface area contributed by atoms with Crippen LogP contribution >= 0.6 is 11.3 Å². The van der Waals surface area contributed by atoms with Gasteiger partial charge in [0.05, 0.1) is 5.69 Å². The van der Waals surface area contributed by atoms with E-state index in [0.29, 0.717) is 0 Å². The maximum absolute atomic E-state index is 9.41. The number of aliphatic hydroxyl groups excluding tert-OH is 1. The van der Waals surface area contributed by atoms with Gasteiger partial charge in [-0.2, -0.15) is 0 Å². The largest absolute Gasteiger partial charge is 0.386 e. The molecule has 0 spiro atoms. The Labute approximate surface area is 70.9 Å². The zero-order valence-corrected chi connectivity index (χ0v) is 7.90. The van der Waals surface area contributed by atoms with Crippen LogP contribution in [0.4, 0.5) is 0 Å². The molecule has 0 aromatic carbocycles. The van der Waals surface area contributed by atoms with Crippen molar-refractivity contribution in [3.63, 3.8) is 0 Å². The van der Waals surface area contributed by atoms with Crippen LogP contribution in [-0.2, 0) is 0 Å². The molecule has 0 bridgehead atoms. The van der Waals surface area contributed by atoms with Crippen LogP contribution in [0, 0.1) is 13.8 Å². The highest BCUT2D eigenvalue weighted by Crippen LogP contribution is 2.24. The van der Waals surface area contributed by atoms with Crippen LogP contribution in [0.15, 0.2) is 0 Å². The van der Waals surface area contributed by atoms with Gasteiger partial charge in [-0.1, -0.05) is 6.92 Å². The molecule has 1 unspecified atom stereocenters. The third kappa shape index (κ3) is 1.79. The number of thiazole rings is 1. The minimum atomic E-state index is -0.368. The molecule has 0 amide bonds. The Hall–Kier alpha value is -0.410. The lowest BCUT2D eigenvalue weighted by molar-refractivity contribution is 0.173. The third-order valence-corrected chi connectivity index (χ3v) is 2.89. The Morgan fingerprint density at radius 3 is 2.55 bits per heavy atom. The van der Waals surface area contributed by atoms with E-state index in [2.05, 4.69) is 4.98 Å². The fourth-order valence-corrected chi connectivity index (χ4v) is 1.81. The number of nitrogens with zero attached hydrogens (tertiary/aromatic N) is 1. The van der Waals surface area contributed by atoms with Gasteiger partial charge in [0.15, 0.2) is 0 Å². The molecule has 0 saturated heterocycles. The van der Waals surface area contributed by atoms with E-state index in [4.69, 9.17) is 0 Å². The van der Waals surface area contributed by atoms with Crippen LogP contribution < -0.4 is 0 Å². The standard InChI is InChI=1S/C8H13NOS/c1-4-7(10)8-9-5(2)6(3)11-8/h7,10H,4H2,1-3H3. The normalized spacial score (nSPS) is 13.5. The molecule has 0 aliphatic rings. The van der Waals surface area contributed by atoms with Gasteiger partial charge >= 0.3 is 0 Å². The van der Waals surface area contributed by atoms with E-state index in [-0.39, 0.29) is 6.10 Å². The summed E-state index contributed by atoms with van der Waals surface area (Å²) < 4.78 is 0. The van der Waals surface area contributed by atoms with Gasteiger partial charge in [-0.25, -0.2) is 4.98 Å². The number of aliphatic hydroxyl groups is 1. The Morgan fingerprint density at radius 1 is 1.55 bits per heavy atom. The van der Waals surface area contributed by atoms with Gasteiger partial charge in [0.1, 0.15) is 11.1 Å². The van der Waals surface area contributed by atoms with Crippen LogP contribution in [0.3, 0.4) is 0 Å². The first kappa shape index (κ1) is 8.68. The van der Waals surface area contributed by atoms with Crippen molar-refractivity contribution < 1.29 is 5.11 Å². The third-order valence-electron chi connectivity index (χ3n) is 1.72. The van der Waals surface area contributed by atoms with E-state index in [9.17, 15) is 5.11 Å². The SMILES string of the molecule is CCC(O)c1nc(C)c(C)s1. The van der Waals surface area contributed by atoms with Gasteiger partial charge in [0.2, 0.25) is 0 Å². The van der Waals surface area contributed by atoms with Gasteiger partial charge in [0.25, 0.3) is 0 Å². The second kappa shape index (κ2) is 3.32. The van der Waals surface area contributed by atoms with Crippen molar-refractivity contribution in [2.24, 2.45) is 0 Å². The predicted molar refractivity (Wildman–Crippen MR) is 46.8 cm³/mol. The number of aryl methyl sites for hydroxylation is 2. The maximum atomic E-state index is 9.41. The average Bonchev–Trinajstić information content (AvgIpc) is 2.31. The summed E-state index contributed by atoms with van der Waals surface area (Å²) in [5.74, 6) is 0. The Balaban J connectivity index is 2.88. The molecule has 3 heteroatoms. The van der Waals surface area contributed by atoms with Crippen LogP contribution in [0.25, 0.3) is 0 Å². The molecular weight excluding hydrogens is 158 g/mol. The molecule has 62 valence electrons. The number of rotatable bonds is 2.